The van der Waals surface area contributed by atoms with Crippen LogP contribution in [0.5, 0.6) is 0 Å². The lowest BCUT2D eigenvalue weighted by Crippen LogP contribution is -2.30. The highest BCUT2D eigenvalue weighted by Crippen LogP contribution is 2.70. The lowest BCUT2D eigenvalue weighted by atomic mass is 9.79. The summed E-state index contributed by atoms with van der Waals surface area (Å²) in [7, 11) is 0. The van der Waals surface area contributed by atoms with Crippen molar-refractivity contribution in [2.75, 3.05) is 0 Å². The van der Waals surface area contributed by atoms with Gasteiger partial charge < -0.3 is 10.2 Å². The van der Waals surface area contributed by atoms with Crippen LogP contribution in [0, 0.1) is 35.5 Å². The van der Waals surface area contributed by atoms with E-state index in [0.29, 0.717) is 11.8 Å². The minimum absolute atomic E-state index is 0.0788. The lowest BCUT2D eigenvalue weighted by molar-refractivity contribution is 0.0365. The monoisotopic (exact) mass is 180 g/mol. The molecule has 2 bridgehead atoms. The van der Waals surface area contributed by atoms with Gasteiger partial charge in [-0.25, -0.2) is 0 Å². The van der Waals surface area contributed by atoms with Gasteiger partial charge in [-0.1, -0.05) is 0 Å². The molecule has 4 aliphatic rings. The highest BCUT2D eigenvalue weighted by Gasteiger charge is 2.68. The lowest BCUT2D eigenvalue weighted by Gasteiger charge is -2.27. The molecule has 4 saturated carbocycles. The molecule has 0 amide bonds. The van der Waals surface area contributed by atoms with Gasteiger partial charge in [0.25, 0.3) is 0 Å². The molecule has 4 aliphatic carbocycles. The van der Waals surface area contributed by atoms with Crippen LogP contribution in [0.15, 0.2) is 0 Å². The van der Waals surface area contributed by atoms with E-state index >= 15 is 0 Å². The molecule has 0 radical (unpaired) electrons. The molecule has 2 N–H and O–H groups in total. The Morgan fingerprint density at radius 3 is 1.54 bits per heavy atom. The first-order chi connectivity index (χ1) is 6.27. The zero-order chi connectivity index (χ0) is 8.74. The Labute approximate surface area is 78.0 Å². The Bertz CT molecular complexity index is 235. The number of aliphatic hydroxyl groups is 2. The van der Waals surface area contributed by atoms with Gasteiger partial charge in [-0.2, -0.15) is 0 Å². The molecule has 13 heavy (non-hydrogen) atoms. The minimum Gasteiger partial charge on any atom is -0.393 e. The maximum absolute atomic E-state index is 9.93. The van der Waals surface area contributed by atoms with E-state index in [9.17, 15) is 10.2 Å². The van der Waals surface area contributed by atoms with Crippen LogP contribution in [0.3, 0.4) is 0 Å². The third-order valence-corrected chi connectivity index (χ3v) is 5.54. The Morgan fingerprint density at radius 2 is 1.08 bits per heavy atom. The summed E-state index contributed by atoms with van der Waals surface area (Å²) in [5.74, 6) is 4.07. The molecule has 0 aromatic heterocycles. The van der Waals surface area contributed by atoms with Crippen LogP contribution in [0.4, 0.5) is 0 Å². The molecule has 72 valence electrons. The van der Waals surface area contributed by atoms with Gasteiger partial charge in [0.05, 0.1) is 12.2 Å². The second kappa shape index (κ2) is 1.96. The second-order valence-electron chi connectivity index (χ2n) is 5.65. The summed E-state index contributed by atoms with van der Waals surface area (Å²) in [5, 5.41) is 19.9. The Hall–Kier alpha value is -0.0800. The first-order valence-corrected chi connectivity index (χ1v) is 5.63. The van der Waals surface area contributed by atoms with Crippen LogP contribution in [0.25, 0.3) is 0 Å². The summed E-state index contributed by atoms with van der Waals surface area (Å²) in [6, 6.07) is 0. The molecule has 0 heterocycles. The second-order valence-corrected chi connectivity index (χ2v) is 5.65. The van der Waals surface area contributed by atoms with Gasteiger partial charge in [0.2, 0.25) is 0 Å². The summed E-state index contributed by atoms with van der Waals surface area (Å²) in [4.78, 5) is 0. The van der Waals surface area contributed by atoms with Crippen LogP contribution in [0.1, 0.15) is 19.3 Å². The average molecular weight is 180 g/mol. The molecule has 0 spiro atoms. The van der Waals surface area contributed by atoms with Gasteiger partial charge in [-0.3, -0.25) is 0 Å². The van der Waals surface area contributed by atoms with E-state index in [1.807, 2.05) is 0 Å². The van der Waals surface area contributed by atoms with Crippen LogP contribution < -0.4 is 0 Å². The molecule has 8 atom stereocenters. The van der Waals surface area contributed by atoms with E-state index in [4.69, 9.17) is 0 Å². The molecule has 0 aromatic carbocycles. The fourth-order valence-electron chi connectivity index (χ4n) is 5.41. The van der Waals surface area contributed by atoms with E-state index in [2.05, 4.69) is 0 Å². The van der Waals surface area contributed by atoms with E-state index < -0.39 is 0 Å². The summed E-state index contributed by atoms with van der Waals surface area (Å²) in [6.07, 6.45) is 3.24. The predicted molar refractivity (Wildman–Crippen MR) is 46.8 cm³/mol. The van der Waals surface area contributed by atoms with Crippen molar-refractivity contribution in [3.8, 4) is 0 Å². The maximum Gasteiger partial charge on any atom is 0.0577 e. The van der Waals surface area contributed by atoms with Crippen LogP contribution in [-0.4, -0.2) is 22.4 Å². The Kier molecular flexibility index (Phi) is 1.09. The molecule has 0 aliphatic heterocycles. The minimum atomic E-state index is -0.0788. The third-order valence-electron chi connectivity index (χ3n) is 5.54. The molecule has 4 rings (SSSR count). The van der Waals surface area contributed by atoms with Crippen molar-refractivity contribution < 1.29 is 10.2 Å². The standard InChI is InChI=1S/C11H16O2/c12-8-2-4-5-3-9(13)11-7(5)1-6(4)10(8)11/h4-13H,1-3H2/t4-,5+,6+,7-,8+,9-,10-,11?/m1/s1. The van der Waals surface area contributed by atoms with Crippen molar-refractivity contribution in [3.63, 3.8) is 0 Å². The predicted octanol–water partition coefficient (Wildman–Crippen LogP) is 0.630. The van der Waals surface area contributed by atoms with Gasteiger partial charge >= 0.3 is 0 Å². The van der Waals surface area contributed by atoms with Crippen molar-refractivity contribution in [1.82, 2.24) is 0 Å². The highest BCUT2D eigenvalue weighted by atomic mass is 16.3. The van der Waals surface area contributed by atoms with E-state index in [-0.39, 0.29) is 12.2 Å². The van der Waals surface area contributed by atoms with Gasteiger partial charge in [-0.15, -0.1) is 0 Å². The summed E-state index contributed by atoms with van der Waals surface area (Å²) < 4.78 is 0. The summed E-state index contributed by atoms with van der Waals surface area (Å²) in [6.45, 7) is 0. The first kappa shape index (κ1) is 7.24. The van der Waals surface area contributed by atoms with E-state index in [1.54, 1.807) is 0 Å². The number of hydrogen-bond donors (Lipinski definition) is 2. The quantitative estimate of drug-likeness (QED) is 0.574. The largest absolute Gasteiger partial charge is 0.393 e. The number of aliphatic hydroxyl groups excluding tert-OH is 2. The maximum atomic E-state index is 9.93. The third kappa shape index (κ3) is 0.608. The van der Waals surface area contributed by atoms with Crippen molar-refractivity contribution in [1.29, 1.82) is 0 Å². The number of hydrogen-bond acceptors (Lipinski definition) is 2. The molecular weight excluding hydrogens is 164 g/mol. The zero-order valence-electron chi connectivity index (χ0n) is 7.63. The number of fused-ring (bicyclic) bond motifs is 2. The molecule has 0 saturated heterocycles. The van der Waals surface area contributed by atoms with Crippen molar-refractivity contribution in [2.45, 2.75) is 31.5 Å². The van der Waals surface area contributed by atoms with Crippen LogP contribution in [0.2, 0.25) is 0 Å². The van der Waals surface area contributed by atoms with Crippen molar-refractivity contribution in [3.05, 3.63) is 0 Å². The molecule has 4 fully saturated rings. The van der Waals surface area contributed by atoms with Crippen molar-refractivity contribution >= 4 is 0 Å². The van der Waals surface area contributed by atoms with Crippen LogP contribution in [-0.2, 0) is 0 Å². The average Bonchev–Trinajstić information content (AvgIpc) is 2.67. The Balaban J connectivity index is 1.86. The smallest absolute Gasteiger partial charge is 0.0577 e. The highest BCUT2D eigenvalue weighted by molar-refractivity contribution is 5.17. The van der Waals surface area contributed by atoms with Gasteiger partial charge in [0.1, 0.15) is 0 Å². The summed E-state index contributed by atoms with van der Waals surface area (Å²) >= 11 is 0. The molecular formula is C11H16O2. The summed E-state index contributed by atoms with van der Waals surface area (Å²) in [5.41, 5.74) is 0. The number of rotatable bonds is 0. The fraction of sp³-hybridized carbons (Fsp3) is 1.00. The molecule has 2 heteroatoms. The fourth-order valence-corrected chi connectivity index (χ4v) is 5.41. The van der Waals surface area contributed by atoms with E-state index in [0.717, 1.165) is 36.5 Å². The van der Waals surface area contributed by atoms with Gasteiger partial charge in [0, 0.05) is 0 Å². The molecule has 0 aromatic rings. The normalized spacial score (nSPS) is 72.5. The first-order valence-electron chi connectivity index (χ1n) is 5.63. The van der Waals surface area contributed by atoms with Crippen LogP contribution >= 0.6 is 0 Å². The van der Waals surface area contributed by atoms with Crippen molar-refractivity contribution in [2.24, 2.45) is 35.5 Å². The topological polar surface area (TPSA) is 40.5 Å². The van der Waals surface area contributed by atoms with E-state index in [1.165, 1.54) is 6.42 Å². The van der Waals surface area contributed by atoms with Gasteiger partial charge in [-0.05, 0) is 54.8 Å². The zero-order valence-corrected chi connectivity index (χ0v) is 7.63. The van der Waals surface area contributed by atoms with Gasteiger partial charge in [0.15, 0.2) is 0 Å². The molecule has 1 unspecified atom stereocenters. The molecule has 2 nitrogen and oxygen atoms in total. The Morgan fingerprint density at radius 1 is 0.615 bits per heavy atom. The SMILES string of the molecule is O[C@@H]1C[C@H]2[C@H]3C[C@H](O)[C@@H]4C1[C@@H]2C[C@@H]34.